The molecular weight excluding hydrogens is 402 g/mol. The van der Waals surface area contributed by atoms with Crippen molar-refractivity contribution in [1.29, 1.82) is 0 Å². The number of likely N-dealkylation sites (N-methyl/N-ethyl adjacent to an activating group) is 3. The second kappa shape index (κ2) is 26.7. The summed E-state index contributed by atoms with van der Waals surface area (Å²) in [5, 5.41) is 0. The van der Waals surface area contributed by atoms with Gasteiger partial charge in [-0.15, -0.1) is 0 Å². The molecule has 0 fully saturated rings. The Labute approximate surface area is 146 Å². The van der Waals surface area contributed by atoms with Crippen LogP contribution in [0.25, 0.3) is 0 Å². The van der Waals surface area contributed by atoms with Crippen LogP contribution in [0, 0.1) is 29.7 Å². The fraction of sp³-hybridized carbons (Fsp3) is 0.692. The smallest absolute Gasteiger partial charge is 0.358 e. The van der Waals surface area contributed by atoms with Crippen molar-refractivity contribution < 1.29 is 41.2 Å². The van der Waals surface area contributed by atoms with Crippen LogP contribution in [0.1, 0.15) is 0 Å². The van der Waals surface area contributed by atoms with Gasteiger partial charge in [-0.25, -0.2) is 0 Å². The molecule has 0 aromatic rings. The molecule has 5 heteroatoms. The van der Waals surface area contributed by atoms with Crippen LogP contribution in [0.15, 0.2) is 0 Å². The molecule has 0 saturated carbocycles. The SMILES string of the molecule is CN(C)CCN(C)CCN(C)C.[Au+3].[CH3-].[CH3-].[CH3-].[CH3-].[Li+]. The van der Waals surface area contributed by atoms with Gasteiger partial charge in [0.2, 0.25) is 0 Å². The van der Waals surface area contributed by atoms with Crippen LogP contribution in [0.2, 0.25) is 0 Å². The summed E-state index contributed by atoms with van der Waals surface area (Å²) in [7, 11) is 10.6. The van der Waals surface area contributed by atoms with Crippen molar-refractivity contribution in [1.82, 2.24) is 14.7 Å². The van der Waals surface area contributed by atoms with Crippen molar-refractivity contribution in [3.63, 3.8) is 0 Å². The number of hydrogen-bond donors (Lipinski definition) is 0. The van der Waals surface area contributed by atoms with E-state index < -0.39 is 0 Å². The second-order valence-corrected chi connectivity index (χ2v) is 3.91. The van der Waals surface area contributed by atoms with E-state index in [1.165, 1.54) is 0 Å². The summed E-state index contributed by atoms with van der Waals surface area (Å²) >= 11 is 0. The zero-order chi connectivity index (χ0) is 9.56. The van der Waals surface area contributed by atoms with Crippen LogP contribution in [0.3, 0.4) is 0 Å². The van der Waals surface area contributed by atoms with Gasteiger partial charge in [-0.2, -0.15) is 0 Å². The second-order valence-electron chi connectivity index (χ2n) is 3.91. The van der Waals surface area contributed by atoms with Crippen LogP contribution in [0.4, 0.5) is 0 Å². The maximum Gasteiger partial charge on any atom is 3.00 e. The van der Waals surface area contributed by atoms with E-state index in [0.717, 1.165) is 26.2 Å². The van der Waals surface area contributed by atoms with Crippen LogP contribution in [-0.4, -0.2) is 76.1 Å². The molecule has 0 aliphatic carbocycles. The Morgan fingerprint density at radius 3 is 0.944 bits per heavy atom. The molecule has 18 heavy (non-hydrogen) atoms. The molecule has 0 aromatic carbocycles. The van der Waals surface area contributed by atoms with E-state index in [0.29, 0.717) is 0 Å². The van der Waals surface area contributed by atoms with Gasteiger partial charge in [0.25, 0.3) is 0 Å². The van der Waals surface area contributed by atoms with Gasteiger partial charge < -0.3 is 44.4 Å². The van der Waals surface area contributed by atoms with Crippen molar-refractivity contribution in [2.45, 2.75) is 0 Å². The Balaban J connectivity index is -0.0000000403. The van der Waals surface area contributed by atoms with Gasteiger partial charge in [-0.3, -0.25) is 0 Å². The quantitative estimate of drug-likeness (QED) is 0.384. The normalized spacial score (nSPS) is 8.00. The third kappa shape index (κ3) is 36.0. The first-order chi connectivity index (χ1) is 5.52. The first kappa shape index (κ1) is 42.7. The van der Waals surface area contributed by atoms with E-state index in [2.05, 4.69) is 49.9 Å². The minimum atomic E-state index is 0. The van der Waals surface area contributed by atoms with E-state index in [9.17, 15) is 0 Å². The third-order valence-corrected chi connectivity index (χ3v) is 1.86. The molecule has 0 aromatic heterocycles. The Hall–Kier alpha value is 1.22. The molecule has 0 aliphatic heterocycles. The molecule has 0 spiro atoms. The summed E-state index contributed by atoms with van der Waals surface area (Å²) in [6.45, 7) is 4.59. The van der Waals surface area contributed by atoms with Crippen LogP contribution >= 0.6 is 0 Å². The largest absolute Gasteiger partial charge is 3.00 e. The van der Waals surface area contributed by atoms with E-state index >= 15 is 0 Å². The molecule has 0 amide bonds. The minimum absolute atomic E-state index is 0. The molecule has 0 rings (SSSR count). The molecule has 0 N–H and O–H groups in total. The average Bonchev–Trinajstić information content (AvgIpc) is 1.96. The minimum Gasteiger partial charge on any atom is -0.358 e. The summed E-state index contributed by atoms with van der Waals surface area (Å²) in [5.74, 6) is 0. The average molecular weight is 437 g/mol. The fourth-order valence-electron chi connectivity index (χ4n) is 0.853. The maximum absolute atomic E-state index is 2.36. The van der Waals surface area contributed by atoms with Crippen molar-refractivity contribution >= 4 is 0 Å². The Morgan fingerprint density at radius 1 is 0.556 bits per heavy atom. The summed E-state index contributed by atoms with van der Waals surface area (Å²) in [4.78, 5) is 6.79. The summed E-state index contributed by atoms with van der Waals surface area (Å²) in [6.07, 6.45) is 0. The Morgan fingerprint density at radius 2 is 0.778 bits per heavy atom. The van der Waals surface area contributed by atoms with E-state index in [4.69, 9.17) is 0 Å². The first-order valence-electron chi connectivity index (χ1n) is 4.50. The zero-order valence-electron chi connectivity index (χ0n) is 14.5. The van der Waals surface area contributed by atoms with Gasteiger partial charge in [0, 0.05) is 26.2 Å². The first-order valence-corrected chi connectivity index (χ1v) is 4.50. The topological polar surface area (TPSA) is 9.72 Å². The number of hydrogen-bond acceptors (Lipinski definition) is 3. The van der Waals surface area contributed by atoms with E-state index in [1.54, 1.807) is 0 Å². The summed E-state index contributed by atoms with van der Waals surface area (Å²) < 4.78 is 0. The van der Waals surface area contributed by atoms with Crippen molar-refractivity contribution in [2.75, 3.05) is 61.4 Å². The van der Waals surface area contributed by atoms with Crippen LogP contribution in [0.5, 0.6) is 0 Å². The maximum atomic E-state index is 2.36. The van der Waals surface area contributed by atoms with Crippen LogP contribution in [-0.2, 0) is 22.4 Å². The molecule has 0 atom stereocenters. The van der Waals surface area contributed by atoms with Crippen molar-refractivity contribution in [3.8, 4) is 0 Å². The van der Waals surface area contributed by atoms with Gasteiger partial charge in [0.05, 0.1) is 0 Å². The number of rotatable bonds is 6. The zero-order valence-corrected chi connectivity index (χ0v) is 16.6. The van der Waals surface area contributed by atoms with Gasteiger partial charge in [0.15, 0.2) is 0 Å². The standard InChI is InChI=1S/C9H23N3.4CH3.Au.Li/c1-10(2)6-8-12(5)9-7-11(3)4;;;;;;/h6-9H2,1-5H3;4*1H3;;/q;4*-1;+3;+1. The molecular formula is C13H35AuLiN3. The van der Waals surface area contributed by atoms with Gasteiger partial charge in [-0.1, -0.05) is 0 Å². The predicted octanol–water partition coefficient (Wildman–Crippen LogP) is -1.16. The molecule has 0 bridgehead atoms. The molecule has 114 valence electrons. The summed E-state index contributed by atoms with van der Waals surface area (Å²) in [6, 6.07) is 0. The Kier molecular flexibility index (Phi) is 63.4. The molecule has 3 nitrogen and oxygen atoms in total. The van der Waals surface area contributed by atoms with Crippen LogP contribution < -0.4 is 18.9 Å². The van der Waals surface area contributed by atoms with E-state index in [-0.39, 0.29) is 70.9 Å². The van der Waals surface area contributed by atoms with Crippen molar-refractivity contribution in [3.05, 3.63) is 29.7 Å². The van der Waals surface area contributed by atoms with Gasteiger partial charge >= 0.3 is 41.2 Å². The molecule has 0 heterocycles. The van der Waals surface area contributed by atoms with Gasteiger partial charge in [-0.05, 0) is 35.2 Å². The molecule has 0 radical (unpaired) electrons. The third-order valence-electron chi connectivity index (χ3n) is 1.86. The fourth-order valence-corrected chi connectivity index (χ4v) is 0.853. The van der Waals surface area contributed by atoms with Gasteiger partial charge in [0.1, 0.15) is 0 Å². The van der Waals surface area contributed by atoms with E-state index in [1.807, 2.05) is 0 Å². The molecule has 0 unspecified atom stereocenters. The monoisotopic (exact) mass is 437 g/mol. The summed E-state index contributed by atoms with van der Waals surface area (Å²) in [5.41, 5.74) is 0. The number of nitrogens with zero attached hydrogens (tertiary/aromatic N) is 3. The predicted molar refractivity (Wildman–Crippen MR) is 80.3 cm³/mol. The van der Waals surface area contributed by atoms with Crippen molar-refractivity contribution in [2.24, 2.45) is 0 Å². The Bertz CT molecular complexity index is 102. The molecule has 0 saturated heterocycles. The molecule has 0 aliphatic rings.